The molecule has 102 valence electrons. The van der Waals surface area contributed by atoms with E-state index in [9.17, 15) is 23.3 Å². The van der Waals surface area contributed by atoms with Gasteiger partial charge in [0, 0.05) is 12.1 Å². The minimum Gasteiger partial charge on any atom is -0.462 e. The normalized spacial score (nSPS) is 11.4. The lowest BCUT2D eigenvalue weighted by Crippen LogP contribution is -2.07. The van der Waals surface area contributed by atoms with E-state index in [2.05, 4.69) is 9.13 Å². The van der Waals surface area contributed by atoms with Gasteiger partial charge in [0.1, 0.15) is 6.21 Å². The number of nitrogens with zero attached hydrogens (tertiary/aromatic N) is 2. The van der Waals surface area contributed by atoms with Crippen LogP contribution in [0, 0.1) is 10.1 Å². The number of hydrogen-bond acceptors (Lipinski definition) is 6. The van der Waals surface area contributed by atoms with Crippen molar-refractivity contribution in [1.82, 2.24) is 0 Å². The Kier molecular flexibility index (Phi) is 4.70. The van der Waals surface area contributed by atoms with Crippen LogP contribution in [0.15, 0.2) is 33.6 Å². The number of esters is 1. The largest absolute Gasteiger partial charge is 0.462 e. The van der Waals surface area contributed by atoms with Crippen LogP contribution in [-0.4, -0.2) is 32.1 Å². The number of nitro groups is 1. The quantitative estimate of drug-likeness (QED) is 0.344. The molecule has 0 saturated carbocycles. The second-order valence-electron chi connectivity index (χ2n) is 3.21. The Morgan fingerprint density at radius 1 is 1.42 bits per heavy atom. The van der Waals surface area contributed by atoms with Crippen molar-refractivity contribution in [2.45, 2.75) is 11.8 Å². The van der Waals surface area contributed by atoms with Crippen molar-refractivity contribution < 1.29 is 22.9 Å². The van der Waals surface area contributed by atoms with Gasteiger partial charge < -0.3 is 4.74 Å². The van der Waals surface area contributed by atoms with Crippen molar-refractivity contribution in [2.75, 3.05) is 6.61 Å². The molecule has 0 atom stereocenters. The molecule has 0 N–H and O–H groups in total. The van der Waals surface area contributed by atoms with Crippen molar-refractivity contribution >= 4 is 27.9 Å². The fourth-order valence-electron chi connectivity index (χ4n) is 1.09. The number of ether oxygens (including phenoxy) is 1. The van der Waals surface area contributed by atoms with Gasteiger partial charge in [0.15, 0.2) is 0 Å². The molecule has 0 bridgehead atoms. The van der Waals surface area contributed by atoms with Gasteiger partial charge in [-0.15, -0.1) is 0 Å². The smallest absolute Gasteiger partial charge is 0.350 e. The van der Waals surface area contributed by atoms with Crippen LogP contribution in [0.4, 0.5) is 5.69 Å². The number of rotatable bonds is 5. The zero-order valence-electron chi connectivity index (χ0n) is 9.85. The zero-order chi connectivity index (χ0) is 14.5. The predicted molar refractivity (Wildman–Crippen MR) is 65.4 cm³/mol. The zero-order valence-corrected chi connectivity index (χ0v) is 10.7. The lowest BCUT2D eigenvalue weighted by atomic mass is 10.3. The predicted octanol–water partition coefficient (Wildman–Crippen LogP) is 0.917. The third-order valence-electron chi connectivity index (χ3n) is 1.93. The molecular formula is C10H10N2O6S. The Labute approximate surface area is 108 Å². The number of non-ortho nitro benzene ring substituents is 1. The number of nitro benzene ring substituents is 1. The second kappa shape index (κ2) is 6.05. The van der Waals surface area contributed by atoms with Crippen molar-refractivity contribution in [1.29, 1.82) is 0 Å². The summed E-state index contributed by atoms with van der Waals surface area (Å²) in [7, 11) is -4.07. The van der Waals surface area contributed by atoms with Crippen molar-refractivity contribution in [3.63, 3.8) is 0 Å². The van der Waals surface area contributed by atoms with E-state index >= 15 is 0 Å². The third kappa shape index (κ3) is 4.14. The minimum absolute atomic E-state index is 0.0996. The molecule has 0 heterocycles. The molecule has 0 radical (unpaired) electrons. The van der Waals surface area contributed by atoms with Gasteiger partial charge in [-0.25, -0.2) is 4.79 Å². The molecule has 0 amide bonds. The Hall–Kier alpha value is -2.29. The third-order valence-corrected chi connectivity index (χ3v) is 3.18. The number of sulfonamides is 1. The molecule has 0 unspecified atom stereocenters. The van der Waals surface area contributed by atoms with E-state index in [-0.39, 0.29) is 17.2 Å². The maximum atomic E-state index is 11.6. The molecule has 0 spiro atoms. The van der Waals surface area contributed by atoms with E-state index in [0.717, 1.165) is 24.3 Å². The molecule has 0 saturated heterocycles. The summed E-state index contributed by atoms with van der Waals surface area (Å²) in [6.07, 6.45) is 0.542. The van der Waals surface area contributed by atoms with Gasteiger partial charge in [0.25, 0.3) is 15.7 Å². The van der Waals surface area contributed by atoms with Gasteiger partial charge in [0.05, 0.1) is 16.4 Å². The fourth-order valence-corrected chi connectivity index (χ4v) is 1.92. The standard InChI is InChI=1S/C10H10N2O6S/c1-2-18-10(13)7-11-19(16,17)9-5-3-8(4-6-9)12(14)15/h3-7H,2H2,1H3/b11-7+. The van der Waals surface area contributed by atoms with E-state index in [4.69, 9.17) is 0 Å². The highest BCUT2D eigenvalue weighted by Gasteiger charge is 2.14. The molecule has 1 aromatic rings. The maximum Gasteiger partial charge on any atom is 0.350 e. The summed E-state index contributed by atoms with van der Waals surface area (Å²) in [5.74, 6) is -0.881. The number of benzene rings is 1. The van der Waals surface area contributed by atoms with Crippen LogP contribution >= 0.6 is 0 Å². The van der Waals surface area contributed by atoms with Crippen LogP contribution in [0.5, 0.6) is 0 Å². The van der Waals surface area contributed by atoms with Gasteiger partial charge in [-0.1, -0.05) is 0 Å². The summed E-state index contributed by atoms with van der Waals surface area (Å²) >= 11 is 0. The van der Waals surface area contributed by atoms with Gasteiger partial charge in [-0.05, 0) is 19.1 Å². The molecule has 19 heavy (non-hydrogen) atoms. The lowest BCUT2D eigenvalue weighted by molar-refractivity contribution is -0.384. The maximum absolute atomic E-state index is 11.6. The van der Waals surface area contributed by atoms with Gasteiger partial charge >= 0.3 is 5.97 Å². The van der Waals surface area contributed by atoms with Crippen molar-refractivity contribution in [3.05, 3.63) is 34.4 Å². The van der Waals surface area contributed by atoms with Gasteiger partial charge in [-0.2, -0.15) is 12.8 Å². The molecule has 0 fully saturated rings. The van der Waals surface area contributed by atoms with Crippen molar-refractivity contribution in [3.8, 4) is 0 Å². The van der Waals surface area contributed by atoms with E-state index in [1.807, 2.05) is 0 Å². The average molecular weight is 286 g/mol. The summed E-state index contributed by atoms with van der Waals surface area (Å²) in [6.45, 7) is 1.67. The summed E-state index contributed by atoms with van der Waals surface area (Å²) in [6, 6.07) is 4.14. The van der Waals surface area contributed by atoms with Crippen LogP contribution in [0.25, 0.3) is 0 Å². The highest BCUT2D eigenvalue weighted by atomic mass is 32.2. The first-order chi connectivity index (χ1) is 8.86. The summed E-state index contributed by atoms with van der Waals surface area (Å²) in [5.41, 5.74) is -0.242. The fraction of sp³-hybridized carbons (Fsp3) is 0.200. The first kappa shape index (κ1) is 14.8. The van der Waals surface area contributed by atoms with E-state index in [1.54, 1.807) is 6.92 Å². The molecule has 0 aliphatic carbocycles. The molecular weight excluding hydrogens is 276 g/mol. The molecule has 0 aliphatic heterocycles. The van der Waals surface area contributed by atoms with Crippen LogP contribution < -0.4 is 0 Å². The van der Waals surface area contributed by atoms with Crippen LogP contribution in [0.1, 0.15) is 6.92 Å². The Morgan fingerprint density at radius 2 is 2.00 bits per heavy atom. The number of carbonyl (C=O) groups excluding carboxylic acids is 1. The molecule has 1 aromatic carbocycles. The van der Waals surface area contributed by atoms with Gasteiger partial charge in [0.2, 0.25) is 0 Å². The second-order valence-corrected chi connectivity index (χ2v) is 4.84. The Balaban J connectivity index is 2.94. The monoisotopic (exact) mass is 286 g/mol. The first-order valence-electron chi connectivity index (χ1n) is 5.08. The molecule has 8 nitrogen and oxygen atoms in total. The van der Waals surface area contributed by atoms with E-state index in [0.29, 0.717) is 6.21 Å². The topological polar surface area (TPSA) is 116 Å². The molecule has 0 aliphatic rings. The lowest BCUT2D eigenvalue weighted by Gasteiger charge is -1.98. The van der Waals surface area contributed by atoms with Crippen LogP contribution in [0.3, 0.4) is 0 Å². The molecule has 0 aromatic heterocycles. The SMILES string of the molecule is CCOC(=O)/C=N/S(=O)(=O)c1ccc([N+](=O)[O-])cc1. The molecule has 1 rings (SSSR count). The Morgan fingerprint density at radius 3 is 2.47 bits per heavy atom. The van der Waals surface area contributed by atoms with Crippen LogP contribution in [-0.2, 0) is 19.6 Å². The van der Waals surface area contributed by atoms with Gasteiger partial charge in [-0.3, -0.25) is 10.1 Å². The van der Waals surface area contributed by atoms with Crippen LogP contribution in [0.2, 0.25) is 0 Å². The highest BCUT2D eigenvalue weighted by Crippen LogP contribution is 2.17. The minimum atomic E-state index is -4.07. The first-order valence-corrected chi connectivity index (χ1v) is 6.52. The number of hydrogen-bond donors (Lipinski definition) is 0. The summed E-state index contributed by atoms with van der Waals surface area (Å²) in [5, 5.41) is 10.4. The average Bonchev–Trinajstić information content (AvgIpc) is 2.37. The highest BCUT2D eigenvalue weighted by molar-refractivity contribution is 7.90. The van der Waals surface area contributed by atoms with E-state index in [1.165, 1.54) is 0 Å². The van der Waals surface area contributed by atoms with Crippen molar-refractivity contribution in [2.24, 2.45) is 4.40 Å². The van der Waals surface area contributed by atoms with E-state index < -0.39 is 20.9 Å². The Bertz CT molecular complexity index is 605. The molecule has 9 heteroatoms. The number of carbonyl (C=O) groups is 1. The summed E-state index contributed by atoms with van der Waals surface area (Å²) < 4.78 is 30.9. The summed E-state index contributed by atoms with van der Waals surface area (Å²) in [4.78, 5) is 20.4.